The van der Waals surface area contributed by atoms with Crippen molar-refractivity contribution in [3.63, 3.8) is 0 Å². The Labute approximate surface area is 110 Å². The van der Waals surface area contributed by atoms with Gasteiger partial charge < -0.3 is 10.4 Å². The van der Waals surface area contributed by atoms with Gasteiger partial charge in [0.25, 0.3) is 0 Å². The van der Waals surface area contributed by atoms with Crippen LogP contribution in [0.2, 0.25) is 0 Å². The molecule has 0 aliphatic heterocycles. The molecule has 2 rings (SSSR count). The number of rotatable bonds is 4. The number of thiophene rings is 1. The van der Waals surface area contributed by atoms with Crippen molar-refractivity contribution in [3.05, 3.63) is 22.4 Å². The number of amides is 1. The molecule has 1 saturated carbocycles. The molecule has 1 aromatic rings. The van der Waals surface area contributed by atoms with Gasteiger partial charge in [-0.25, -0.2) is 0 Å². The number of carbonyl (C=O) groups excluding carboxylic acids is 1. The van der Waals surface area contributed by atoms with Crippen LogP contribution in [0.25, 0.3) is 0 Å². The molecule has 5 heteroatoms. The van der Waals surface area contributed by atoms with Crippen molar-refractivity contribution < 1.29 is 14.7 Å². The minimum Gasteiger partial charge on any atom is -0.481 e. The molecule has 1 amide bonds. The third-order valence-corrected chi connectivity index (χ3v) is 4.26. The van der Waals surface area contributed by atoms with Crippen LogP contribution in [0.3, 0.4) is 0 Å². The summed E-state index contributed by atoms with van der Waals surface area (Å²) in [6.07, 6.45) is 1.76. The lowest BCUT2D eigenvalue weighted by Crippen LogP contribution is -2.31. The molecule has 98 valence electrons. The quantitative estimate of drug-likeness (QED) is 0.880. The van der Waals surface area contributed by atoms with E-state index in [-0.39, 0.29) is 23.8 Å². The van der Waals surface area contributed by atoms with Gasteiger partial charge in [-0.05, 0) is 48.6 Å². The van der Waals surface area contributed by atoms with Gasteiger partial charge in [-0.15, -0.1) is 0 Å². The number of carboxylic acid groups (broad SMARTS) is 1. The van der Waals surface area contributed by atoms with Gasteiger partial charge in [-0.2, -0.15) is 11.3 Å². The first-order valence-corrected chi connectivity index (χ1v) is 7.07. The maximum Gasteiger partial charge on any atom is 0.306 e. The predicted molar refractivity (Wildman–Crippen MR) is 69.3 cm³/mol. The van der Waals surface area contributed by atoms with Gasteiger partial charge in [0, 0.05) is 5.92 Å². The topological polar surface area (TPSA) is 66.4 Å². The van der Waals surface area contributed by atoms with Gasteiger partial charge in [0.1, 0.15) is 0 Å². The van der Waals surface area contributed by atoms with E-state index in [2.05, 4.69) is 5.32 Å². The van der Waals surface area contributed by atoms with Crippen LogP contribution >= 0.6 is 11.3 Å². The Kier molecular flexibility index (Phi) is 4.01. The van der Waals surface area contributed by atoms with Gasteiger partial charge in [0.15, 0.2) is 0 Å². The summed E-state index contributed by atoms with van der Waals surface area (Å²) in [5.41, 5.74) is 1.10. The van der Waals surface area contributed by atoms with Crippen molar-refractivity contribution in [2.75, 3.05) is 0 Å². The molecule has 1 aromatic heterocycles. The van der Waals surface area contributed by atoms with E-state index >= 15 is 0 Å². The number of carboxylic acids is 1. The highest BCUT2D eigenvalue weighted by Gasteiger charge is 2.34. The summed E-state index contributed by atoms with van der Waals surface area (Å²) in [5, 5.41) is 15.9. The molecule has 0 radical (unpaired) electrons. The minimum atomic E-state index is -0.781. The highest BCUT2D eigenvalue weighted by Crippen LogP contribution is 2.31. The second-order valence-electron chi connectivity index (χ2n) is 4.83. The van der Waals surface area contributed by atoms with E-state index in [0.717, 1.165) is 5.56 Å². The predicted octanol–water partition coefficient (Wildman–Crippen LogP) is 2.43. The highest BCUT2D eigenvalue weighted by atomic mass is 32.1. The molecule has 2 N–H and O–H groups in total. The molecular formula is C13H17NO3S. The monoisotopic (exact) mass is 267 g/mol. The van der Waals surface area contributed by atoms with Gasteiger partial charge in [-0.3, -0.25) is 9.59 Å². The summed E-state index contributed by atoms with van der Waals surface area (Å²) >= 11 is 1.60. The van der Waals surface area contributed by atoms with E-state index in [1.165, 1.54) is 0 Å². The molecule has 1 fully saturated rings. The highest BCUT2D eigenvalue weighted by molar-refractivity contribution is 7.07. The van der Waals surface area contributed by atoms with Crippen molar-refractivity contribution in [2.24, 2.45) is 11.8 Å². The van der Waals surface area contributed by atoms with E-state index in [1.807, 2.05) is 23.8 Å². The standard InChI is InChI=1S/C13H17NO3S/c1-8(11-4-5-18-7-11)14-12(15)9-2-3-10(6-9)13(16)17/h4-5,7-10H,2-3,6H2,1H3,(H,14,15)(H,16,17). The van der Waals surface area contributed by atoms with Crippen molar-refractivity contribution >= 4 is 23.2 Å². The summed E-state index contributed by atoms with van der Waals surface area (Å²) < 4.78 is 0. The Morgan fingerprint density at radius 3 is 2.72 bits per heavy atom. The lowest BCUT2D eigenvalue weighted by molar-refractivity contribution is -0.141. The van der Waals surface area contributed by atoms with Crippen LogP contribution in [0, 0.1) is 11.8 Å². The SMILES string of the molecule is CC(NC(=O)C1CCC(C(=O)O)C1)c1ccsc1. The normalized spacial score (nSPS) is 24.7. The molecule has 1 aliphatic carbocycles. The first kappa shape index (κ1) is 13.1. The van der Waals surface area contributed by atoms with Crippen LogP contribution in [0.1, 0.15) is 37.8 Å². The van der Waals surface area contributed by atoms with Crippen molar-refractivity contribution in [1.82, 2.24) is 5.32 Å². The fourth-order valence-corrected chi connectivity index (χ4v) is 3.13. The summed E-state index contributed by atoms with van der Waals surface area (Å²) in [7, 11) is 0. The zero-order valence-electron chi connectivity index (χ0n) is 10.3. The molecule has 1 heterocycles. The molecule has 0 saturated heterocycles. The molecular weight excluding hydrogens is 250 g/mol. The number of carbonyl (C=O) groups is 2. The first-order valence-electron chi connectivity index (χ1n) is 6.13. The molecule has 3 unspecified atom stereocenters. The van der Waals surface area contributed by atoms with Crippen molar-refractivity contribution in [2.45, 2.75) is 32.2 Å². The van der Waals surface area contributed by atoms with Gasteiger partial charge in [0.2, 0.25) is 5.91 Å². The molecule has 1 aliphatic rings. The smallest absolute Gasteiger partial charge is 0.306 e. The summed E-state index contributed by atoms with van der Waals surface area (Å²) in [4.78, 5) is 22.9. The molecule has 4 nitrogen and oxygen atoms in total. The Morgan fingerprint density at radius 1 is 1.44 bits per heavy atom. The van der Waals surface area contributed by atoms with Crippen molar-refractivity contribution in [1.29, 1.82) is 0 Å². The number of aliphatic carboxylic acids is 1. The minimum absolute atomic E-state index is 0.00683. The second kappa shape index (κ2) is 5.52. The van der Waals surface area contributed by atoms with Gasteiger partial charge >= 0.3 is 5.97 Å². The summed E-state index contributed by atoms with van der Waals surface area (Å²) in [6.45, 7) is 1.95. The average Bonchev–Trinajstić information content (AvgIpc) is 3.00. The molecule has 18 heavy (non-hydrogen) atoms. The van der Waals surface area contributed by atoms with Crippen LogP contribution in [0.5, 0.6) is 0 Å². The third kappa shape index (κ3) is 2.90. The summed E-state index contributed by atoms with van der Waals surface area (Å²) in [6, 6.07) is 1.98. The Morgan fingerprint density at radius 2 is 2.17 bits per heavy atom. The van der Waals surface area contributed by atoms with E-state index in [4.69, 9.17) is 5.11 Å². The second-order valence-corrected chi connectivity index (χ2v) is 5.61. The van der Waals surface area contributed by atoms with Crippen LogP contribution in [0.4, 0.5) is 0 Å². The zero-order chi connectivity index (χ0) is 13.1. The maximum atomic E-state index is 12.0. The van der Waals surface area contributed by atoms with E-state index < -0.39 is 5.97 Å². The van der Waals surface area contributed by atoms with E-state index in [9.17, 15) is 9.59 Å². The zero-order valence-corrected chi connectivity index (χ0v) is 11.1. The first-order chi connectivity index (χ1) is 8.58. The number of hydrogen-bond acceptors (Lipinski definition) is 3. The molecule has 3 atom stereocenters. The summed E-state index contributed by atoms with van der Waals surface area (Å²) in [5.74, 6) is -1.29. The third-order valence-electron chi connectivity index (χ3n) is 3.55. The number of hydrogen-bond donors (Lipinski definition) is 2. The average molecular weight is 267 g/mol. The molecule has 0 aromatic carbocycles. The number of nitrogens with one attached hydrogen (secondary N) is 1. The van der Waals surface area contributed by atoms with E-state index in [1.54, 1.807) is 11.3 Å². The fraction of sp³-hybridized carbons (Fsp3) is 0.538. The lowest BCUT2D eigenvalue weighted by atomic mass is 10.0. The van der Waals surface area contributed by atoms with Gasteiger partial charge in [-0.1, -0.05) is 0 Å². The Bertz CT molecular complexity index is 429. The van der Waals surface area contributed by atoms with E-state index in [0.29, 0.717) is 19.3 Å². The van der Waals surface area contributed by atoms with Crippen molar-refractivity contribution in [3.8, 4) is 0 Å². The van der Waals surface area contributed by atoms with Crippen LogP contribution in [-0.4, -0.2) is 17.0 Å². The largest absolute Gasteiger partial charge is 0.481 e. The van der Waals surface area contributed by atoms with Gasteiger partial charge in [0.05, 0.1) is 12.0 Å². The Hall–Kier alpha value is -1.36. The Balaban J connectivity index is 1.87. The molecule has 0 spiro atoms. The lowest BCUT2D eigenvalue weighted by Gasteiger charge is -2.16. The maximum absolute atomic E-state index is 12.0. The molecule has 0 bridgehead atoms. The van der Waals surface area contributed by atoms with Crippen LogP contribution in [-0.2, 0) is 9.59 Å². The van der Waals surface area contributed by atoms with Crippen LogP contribution in [0.15, 0.2) is 16.8 Å². The fourth-order valence-electron chi connectivity index (χ4n) is 2.38. The van der Waals surface area contributed by atoms with Crippen LogP contribution < -0.4 is 5.32 Å².